The summed E-state index contributed by atoms with van der Waals surface area (Å²) < 4.78 is 60.7. The van der Waals surface area contributed by atoms with Gasteiger partial charge in [0.1, 0.15) is 11.6 Å². The zero-order chi connectivity index (χ0) is 28.3. The molecule has 0 spiro atoms. The van der Waals surface area contributed by atoms with Crippen LogP contribution in [0.5, 0.6) is 11.5 Å². The second kappa shape index (κ2) is 11.0. The van der Waals surface area contributed by atoms with Gasteiger partial charge in [-0.15, -0.1) is 0 Å². The molecule has 2 aromatic carbocycles. The normalized spacial score (nSPS) is 12.9. The fourth-order valence-electron chi connectivity index (χ4n) is 3.76. The van der Waals surface area contributed by atoms with Crippen molar-refractivity contribution in [1.82, 2.24) is 9.97 Å². The Morgan fingerprint density at radius 3 is 2.38 bits per heavy atom. The third-order valence-electron chi connectivity index (χ3n) is 5.86. The summed E-state index contributed by atoms with van der Waals surface area (Å²) in [5.74, 6) is -0.619. The van der Waals surface area contributed by atoms with Crippen LogP contribution >= 0.6 is 0 Å². The van der Waals surface area contributed by atoms with E-state index >= 15 is 0 Å². The van der Waals surface area contributed by atoms with Gasteiger partial charge in [0.25, 0.3) is 0 Å². The number of urea groups is 1. The van der Waals surface area contributed by atoms with Gasteiger partial charge < -0.3 is 20.7 Å². The van der Waals surface area contributed by atoms with Crippen LogP contribution in [0.1, 0.15) is 18.4 Å². The lowest BCUT2D eigenvalue weighted by atomic mass is 10.0. The molecule has 0 radical (unpaired) electrons. The third-order valence-corrected chi connectivity index (χ3v) is 5.86. The third kappa shape index (κ3) is 6.70. The van der Waals surface area contributed by atoms with Gasteiger partial charge >= 0.3 is 12.2 Å². The molecule has 0 bridgehead atoms. The van der Waals surface area contributed by atoms with E-state index in [0.717, 1.165) is 31.0 Å². The molecule has 2 aromatic heterocycles. The summed E-state index contributed by atoms with van der Waals surface area (Å²) in [6.07, 6.45) is 1.31. The van der Waals surface area contributed by atoms with Gasteiger partial charge in [0.2, 0.25) is 5.91 Å². The highest BCUT2D eigenvalue weighted by Crippen LogP contribution is 2.35. The SMILES string of the molecule is O=C(Nc1cc(-c2cccnc2)cc(C(F)(F)F)c1)Nc1ccc(Oc2ccnc(NC(=O)C3CC3)c2)c(F)c1. The van der Waals surface area contributed by atoms with Crippen molar-refractivity contribution >= 4 is 29.1 Å². The Balaban J connectivity index is 1.26. The van der Waals surface area contributed by atoms with Crippen LogP contribution in [-0.2, 0) is 11.0 Å². The number of aromatic nitrogens is 2. The number of alkyl halides is 3. The second-order valence-corrected chi connectivity index (χ2v) is 9.01. The number of hydrogen-bond donors (Lipinski definition) is 3. The van der Waals surface area contributed by atoms with Crippen LogP contribution in [0.3, 0.4) is 0 Å². The van der Waals surface area contributed by atoms with Crippen molar-refractivity contribution in [2.45, 2.75) is 19.0 Å². The molecule has 204 valence electrons. The number of ether oxygens (including phenoxy) is 1. The molecule has 0 saturated heterocycles. The first-order valence-corrected chi connectivity index (χ1v) is 12.1. The molecule has 4 aromatic rings. The maximum Gasteiger partial charge on any atom is 0.416 e. The predicted octanol–water partition coefficient (Wildman–Crippen LogP) is 7.09. The average Bonchev–Trinajstić information content (AvgIpc) is 3.76. The van der Waals surface area contributed by atoms with Gasteiger partial charge in [0, 0.05) is 53.6 Å². The van der Waals surface area contributed by atoms with Crippen LogP contribution in [-0.4, -0.2) is 21.9 Å². The number of pyridine rings is 2. The number of halogens is 4. The molecule has 12 heteroatoms. The molecule has 0 unspecified atom stereocenters. The van der Waals surface area contributed by atoms with E-state index < -0.39 is 23.6 Å². The van der Waals surface area contributed by atoms with E-state index in [9.17, 15) is 27.2 Å². The van der Waals surface area contributed by atoms with E-state index in [1.165, 1.54) is 48.9 Å². The summed E-state index contributed by atoms with van der Waals surface area (Å²) in [5.41, 5.74) is -0.399. The molecule has 0 atom stereocenters. The van der Waals surface area contributed by atoms with Crippen LogP contribution in [0, 0.1) is 11.7 Å². The Bertz CT molecular complexity index is 1560. The minimum atomic E-state index is -4.65. The standard InChI is InChI=1S/C28H21F4N5O3/c29-23-13-20(5-6-24(23)40-22-7-9-34-25(14-22)37-26(38)16-3-4-16)35-27(39)36-21-11-18(17-2-1-8-33-15-17)10-19(12-21)28(30,31)32/h1-2,5-16H,3-4H2,(H,34,37,38)(H2,35,36,39). The summed E-state index contributed by atoms with van der Waals surface area (Å²) in [5, 5.41) is 7.42. The van der Waals surface area contributed by atoms with Crippen LogP contribution in [0.4, 0.5) is 39.5 Å². The van der Waals surface area contributed by atoms with Crippen LogP contribution in [0.25, 0.3) is 11.1 Å². The van der Waals surface area contributed by atoms with Gasteiger partial charge in [0.15, 0.2) is 11.6 Å². The number of rotatable bonds is 7. The second-order valence-electron chi connectivity index (χ2n) is 9.01. The highest BCUT2D eigenvalue weighted by atomic mass is 19.4. The van der Waals surface area contributed by atoms with Gasteiger partial charge in [-0.05, 0) is 60.9 Å². The fourth-order valence-corrected chi connectivity index (χ4v) is 3.76. The zero-order valence-corrected chi connectivity index (χ0v) is 20.6. The number of anilines is 3. The predicted molar refractivity (Wildman–Crippen MR) is 139 cm³/mol. The Hall–Kier alpha value is -5.00. The summed E-state index contributed by atoms with van der Waals surface area (Å²) in [4.78, 5) is 32.5. The smallest absolute Gasteiger partial charge is 0.416 e. The molecule has 1 aliphatic rings. The number of nitrogens with zero attached hydrogens (tertiary/aromatic N) is 2. The maximum absolute atomic E-state index is 14.7. The molecule has 2 heterocycles. The molecule has 40 heavy (non-hydrogen) atoms. The van der Waals surface area contributed by atoms with Crippen molar-refractivity contribution in [2.75, 3.05) is 16.0 Å². The van der Waals surface area contributed by atoms with Crippen molar-refractivity contribution in [2.24, 2.45) is 5.92 Å². The lowest BCUT2D eigenvalue weighted by molar-refractivity contribution is -0.137. The molecule has 1 fully saturated rings. The van der Waals surface area contributed by atoms with Crippen molar-refractivity contribution in [1.29, 1.82) is 0 Å². The lowest BCUT2D eigenvalue weighted by Gasteiger charge is -2.14. The van der Waals surface area contributed by atoms with Crippen LogP contribution < -0.4 is 20.7 Å². The Morgan fingerprint density at radius 2 is 1.68 bits per heavy atom. The molecule has 8 nitrogen and oxygen atoms in total. The van der Waals surface area contributed by atoms with E-state index in [4.69, 9.17) is 4.74 Å². The molecule has 1 aliphatic carbocycles. The van der Waals surface area contributed by atoms with Gasteiger partial charge in [-0.1, -0.05) is 6.07 Å². The van der Waals surface area contributed by atoms with E-state index in [-0.39, 0.29) is 46.1 Å². The van der Waals surface area contributed by atoms with Gasteiger partial charge in [-0.2, -0.15) is 13.2 Å². The number of hydrogen-bond acceptors (Lipinski definition) is 5. The number of nitrogens with one attached hydrogen (secondary N) is 3. The van der Waals surface area contributed by atoms with E-state index in [2.05, 4.69) is 25.9 Å². The Labute approximate surface area is 225 Å². The highest BCUT2D eigenvalue weighted by molar-refractivity contribution is 6.00. The molecule has 5 rings (SSSR count). The highest BCUT2D eigenvalue weighted by Gasteiger charge is 2.32. The Morgan fingerprint density at radius 1 is 0.875 bits per heavy atom. The first-order chi connectivity index (χ1) is 19.1. The quantitative estimate of drug-likeness (QED) is 0.213. The van der Waals surface area contributed by atoms with Gasteiger partial charge in [-0.3, -0.25) is 9.78 Å². The minimum absolute atomic E-state index is 0.0159. The van der Waals surface area contributed by atoms with Crippen molar-refractivity contribution in [3.8, 4) is 22.6 Å². The monoisotopic (exact) mass is 551 g/mol. The minimum Gasteiger partial charge on any atom is -0.454 e. The topological polar surface area (TPSA) is 105 Å². The van der Waals surface area contributed by atoms with Gasteiger partial charge in [-0.25, -0.2) is 14.2 Å². The van der Waals surface area contributed by atoms with Crippen LogP contribution in [0.15, 0.2) is 79.3 Å². The molecular formula is C28H21F4N5O3. The summed E-state index contributed by atoms with van der Waals surface area (Å²) in [6, 6.07) is 12.0. The molecular weight excluding hydrogens is 530 g/mol. The number of amides is 3. The summed E-state index contributed by atoms with van der Waals surface area (Å²) in [6.45, 7) is 0. The van der Waals surface area contributed by atoms with E-state index in [1.807, 2.05) is 0 Å². The van der Waals surface area contributed by atoms with E-state index in [1.54, 1.807) is 12.1 Å². The summed E-state index contributed by atoms with van der Waals surface area (Å²) in [7, 11) is 0. The van der Waals surface area contributed by atoms with Crippen molar-refractivity contribution < 1.29 is 31.9 Å². The van der Waals surface area contributed by atoms with Gasteiger partial charge in [0.05, 0.1) is 5.56 Å². The molecule has 1 saturated carbocycles. The zero-order valence-electron chi connectivity index (χ0n) is 20.6. The van der Waals surface area contributed by atoms with E-state index in [0.29, 0.717) is 5.56 Å². The molecule has 0 aliphatic heterocycles. The van der Waals surface area contributed by atoms with Crippen molar-refractivity contribution in [3.63, 3.8) is 0 Å². The van der Waals surface area contributed by atoms with Crippen molar-refractivity contribution in [3.05, 3.63) is 90.6 Å². The number of carbonyl (C=O) groups is 2. The average molecular weight is 552 g/mol. The van der Waals surface area contributed by atoms with Crippen LogP contribution in [0.2, 0.25) is 0 Å². The number of benzene rings is 2. The maximum atomic E-state index is 14.7. The first-order valence-electron chi connectivity index (χ1n) is 12.1. The lowest BCUT2D eigenvalue weighted by Crippen LogP contribution is -2.20. The molecule has 3 N–H and O–H groups in total. The first kappa shape index (κ1) is 26.6. The summed E-state index contributed by atoms with van der Waals surface area (Å²) >= 11 is 0. The number of carbonyl (C=O) groups excluding carboxylic acids is 2. The largest absolute Gasteiger partial charge is 0.454 e. The Kier molecular flexibility index (Phi) is 7.32. The fraction of sp³-hybridized carbons (Fsp3) is 0.143. The molecule has 3 amide bonds.